The zero-order chi connectivity index (χ0) is 32.5. The van der Waals surface area contributed by atoms with Gasteiger partial charge in [0.1, 0.15) is 17.7 Å². The number of hydrogen-bond acceptors (Lipinski definition) is 9. The molecule has 4 bridgehead atoms. The third kappa shape index (κ3) is 6.74. The van der Waals surface area contributed by atoms with Crippen LogP contribution in [0.2, 0.25) is 0 Å². The van der Waals surface area contributed by atoms with Crippen LogP contribution in [0.3, 0.4) is 0 Å². The van der Waals surface area contributed by atoms with E-state index in [1.807, 2.05) is 46.1 Å². The van der Waals surface area contributed by atoms with Crippen LogP contribution in [0.5, 0.6) is 5.88 Å². The SMILES string of the molecule is C=C[C@@H]1C[C@]1(NC(=O)[C@@H]1C[C@@H]2CN1C(=O)[C@H](C(C)C)CC(=O)OCCCCCc1ccc3nc(N(C)C)nc(c3c1)O2)C(=O)O. The number of aromatic nitrogens is 2. The van der Waals surface area contributed by atoms with E-state index in [0.717, 1.165) is 30.2 Å². The number of carbonyl (C=O) groups excluding carboxylic acids is 3. The molecule has 1 aromatic heterocycles. The molecule has 2 aromatic rings. The van der Waals surface area contributed by atoms with Crippen molar-refractivity contribution in [2.45, 2.75) is 76.5 Å². The van der Waals surface area contributed by atoms with Crippen molar-refractivity contribution in [1.29, 1.82) is 0 Å². The van der Waals surface area contributed by atoms with Crippen LogP contribution in [0.4, 0.5) is 5.95 Å². The summed E-state index contributed by atoms with van der Waals surface area (Å²) in [5.74, 6) is -3.12. The molecular weight excluding hydrogens is 578 g/mol. The highest BCUT2D eigenvalue weighted by Crippen LogP contribution is 2.45. The number of nitrogens with zero attached hydrogens (tertiary/aromatic N) is 4. The Labute approximate surface area is 263 Å². The van der Waals surface area contributed by atoms with E-state index < -0.39 is 47.4 Å². The van der Waals surface area contributed by atoms with Crippen LogP contribution in [-0.4, -0.2) is 88.7 Å². The van der Waals surface area contributed by atoms with E-state index in [9.17, 15) is 24.3 Å². The number of carboxylic acids is 1. The lowest BCUT2D eigenvalue weighted by atomic mass is 9.90. The van der Waals surface area contributed by atoms with Gasteiger partial charge in [0, 0.05) is 26.4 Å². The molecule has 2 amide bonds. The molecule has 242 valence electrons. The number of anilines is 1. The maximum atomic E-state index is 14.1. The first-order valence-electron chi connectivity index (χ1n) is 15.7. The molecule has 1 aliphatic carbocycles. The molecule has 12 nitrogen and oxygen atoms in total. The van der Waals surface area contributed by atoms with Crippen molar-refractivity contribution in [3.05, 3.63) is 36.4 Å². The summed E-state index contributed by atoms with van der Waals surface area (Å²) < 4.78 is 12.0. The average Bonchev–Trinajstić information content (AvgIpc) is 3.56. The van der Waals surface area contributed by atoms with E-state index >= 15 is 0 Å². The summed E-state index contributed by atoms with van der Waals surface area (Å²) in [7, 11) is 3.67. The van der Waals surface area contributed by atoms with E-state index in [4.69, 9.17) is 14.5 Å². The molecule has 1 aromatic carbocycles. The van der Waals surface area contributed by atoms with Crippen molar-refractivity contribution in [3.63, 3.8) is 0 Å². The molecule has 2 fully saturated rings. The summed E-state index contributed by atoms with van der Waals surface area (Å²) in [5.41, 5.74) is 0.341. The largest absolute Gasteiger partial charge is 0.479 e. The first-order valence-corrected chi connectivity index (χ1v) is 15.7. The summed E-state index contributed by atoms with van der Waals surface area (Å²) in [4.78, 5) is 65.5. The van der Waals surface area contributed by atoms with E-state index in [0.29, 0.717) is 23.8 Å². The molecule has 3 heterocycles. The van der Waals surface area contributed by atoms with E-state index in [1.165, 1.54) is 11.0 Å². The molecule has 5 atom stereocenters. The fourth-order valence-electron chi connectivity index (χ4n) is 6.29. The molecule has 12 heteroatoms. The van der Waals surface area contributed by atoms with Gasteiger partial charge in [0.25, 0.3) is 0 Å². The van der Waals surface area contributed by atoms with Crippen molar-refractivity contribution in [3.8, 4) is 5.88 Å². The molecule has 2 aliphatic heterocycles. The van der Waals surface area contributed by atoms with Crippen LogP contribution in [0.15, 0.2) is 30.9 Å². The quantitative estimate of drug-likeness (QED) is 0.364. The smallest absolute Gasteiger partial charge is 0.330 e. The lowest BCUT2D eigenvalue weighted by Crippen LogP contribution is -2.54. The van der Waals surface area contributed by atoms with Crippen molar-refractivity contribution in [2.75, 3.05) is 32.1 Å². The Hall–Kier alpha value is -4.22. The molecule has 3 aliphatic rings. The lowest BCUT2D eigenvalue weighted by Gasteiger charge is -2.30. The topological polar surface area (TPSA) is 151 Å². The average molecular weight is 622 g/mol. The normalized spacial score (nSPS) is 27.4. The monoisotopic (exact) mass is 621 g/mol. The number of rotatable bonds is 6. The molecule has 5 rings (SSSR count). The molecule has 0 radical (unpaired) electrons. The van der Waals surface area contributed by atoms with Crippen LogP contribution < -0.4 is 15.0 Å². The van der Waals surface area contributed by atoms with Crippen LogP contribution in [-0.2, 0) is 30.3 Å². The number of cyclic esters (lactones) is 1. The third-order valence-corrected chi connectivity index (χ3v) is 9.15. The molecule has 0 unspecified atom stereocenters. The fraction of sp³-hybridized carbons (Fsp3) is 0.576. The van der Waals surface area contributed by atoms with Crippen LogP contribution in [0.1, 0.15) is 57.9 Å². The maximum absolute atomic E-state index is 14.1. The van der Waals surface area contributed by atoms with Gasteiger partial charge < -0.3 is 29.7 Å². The number of aryl methyl sites for hydroxylation is 1. The minimum absolute atomic E-state index is 0.0582. The molecule has 1 saturated heterocycles. The molecular formula is C33H43N5O7. The predicted octanol–water partition coefficient (Wildman–Crippen LogP) is 3.12. The van der Waals surface area contributed by atoms with Gasteiger partial charge in [-0.15, -0.1) is 6.58 Å². The van der Waals surface area contributed by atoms with Crippen LogP contribution >= 0.6 is 0 Å². The van der Waals surface area contributed by atoms with Crippen molar-refractivity contribution in [1.82, 2.24) is 20.2 Å². The number of fused-ring (bicyclic) bond motifs is 3. The minimum Gasteiger partial charge on any atom is -0.479 e. The number of hydrogen-bond donors (Lipinski definition) is 2. The van der Waals surface area contributed by atoms with Gasteiger partial charge >= 0.3 is 11.9 Å². The first-order chi connectivity index (χ1) is 21.4. The van der Waals surface area contributed by atoms with Gasteiger partial charge in [0.05, 0.1) is 36.4 Å². The van der Waals surface area contributed by atoms with Crippen LogP contribution in [0.25, 0.3) is 10.9 Å². The molecule has 45 heavy (non-hydrogen) atoms. The summed E-state index contributed by atoms with van der Waals surface area (Å²) in [6.07, 6.45) is 4.41. The number of amides is 2. The Morgan fingerprint density at radius 1 is 1.20 bits per heavy atom. The maximum Gasteiger partial charge on any atom is 0.330 e. The highest BCUT2D eigenvalue weighted by atomic mass is 16.5. The second kappa shape index (κ2) is 13.0. The third-order valence-electron chi connectivity index (χ3n) is 9.15. The Bertz CT molecular complexity index is 1490. The van der Waals surface area contributed by atoms with Gasteiger partial charge in [-0.3, -0.25) is 14.4 Å². The van der Waals surface area contributed by atoms with Gasteiger partial charge in [-0.2, -0.15) is 4.98 Å². The zero-order valence-corrected chi connectivity index (χ0v) is 26.5. The van der Waals surface area contributed by atoms with Crippen molar-refractivity contribution >= 4 is 40.6 Å². The molecule has 2 N–H and O–H groups in total. The van der Waals surface area contributed by atoms with E-state index in [1.54, 1.807) is 4.90 Å². The Kier molecular flexibility index (Phi) is 9.31. The van der Waals surface area contributed by atoms with Gasteiger partial charge in [0.2, 0.25) is 23.6 Å². The summed E-state index contributed by atoms with van der Waals surface area (Å²) in [6.45, 7) is 7.74. The first kappa shape index (κ1) is 32.2. The number of carbonyl (C=O) groups is 4. The van der Waals surface area contributed by atoms with E-state index in [2.05, 4.69) is 16.9 Å². The van der Waals surface area contributed by atoms with Crippen LogP contribution in [0, 0.1) is 17.8 Å². The standard InChI is InChI=1S/C33H43N5O7/c1-6-21-17-33(21,31(42)43)36-28(40)26-15-22-18-38(26)30(41)23(19(2)3)16-27(39)44-13-9-7-8-10-20-11-12-25-24(14-20)29(45-22)35-32(34-25)37(4)5/h6,11-12,14,19,21-23,26H,1,7-10,13,15-18H2,2-5H3,(H,36,40)(H,42,43)/t21-,22-,23+,26+,33-/m1/s1. The number of esters is 1. The fourth-order valence-corrected chi connectivity index (χ4v) is 6.29. The number of aliphatic carboxylic acids is 1. The minimum atomic E-state index is -1.46. The lowest BCUT2D eigenvalue weighted by molar-refractivity contribution is -0.152. The summed E-state index contributed by atoms with van der Waals surface area (Å²) in [5, 5.41) is 13.4. The second-order valence-corrected chi connectivity index (χ2v) is 13.0. The second-order valence-electron chi connectivity index (χ2n) is 13.0. The Morgan fingerprint density at radius 3 is 2.64 bits per heavy atom. The molecule has 1 saturated carbocycles. The molecule has 0 spiro atoms. The van der Waals surface area contributed by atoms with Gasteiger partial charge in [-0.25, -0.2) is 9.78 Å². The Morgan fingerprint density at radius 2 is 1.98 bits per heavy atom. The van der Waals surface area contributed by atoms with Gasteiger partial charge in [-0.05, 0) is 55.7 Å². The number of ether oxygens (including phenoxy) is 2. The number of benzene rings is 1. The number of nitrogens with one attached hydrogen (secondary N) is 1. The van der Waals surface area contributed by atoms with Crippen molar-refractivity contribution in [2.24, 2.45) is 17.8 Å². The summed E-state index contributed by atoms with van der Waals surface area (Å²) >= 11 is 0. The van der Waals surface area contributed by atoms with E-state index in [-0.39, 0.29) is 44.2 Å². The Balaban J connectivity index is 1.53. The number of carboxylic acid groups (broad SMARTS) is 1. The summed E-state index contributed by atoms with van der Waals surface area (Å²) in [6, 6.07) is 4.98. The predicted molar refractivity (Wildman–Crippen MR) is 167 cm³/mol. The van der Waals surface area contributed by atoms with Gasteiger partial charge in [-0.1, -0.05) is 26.0 Å². The highest BCUT2D eigenvalue weighted by molar-refractivity contribution is 5.95. The zero-order valence-electron chi connectivity index (χ0n) is 26.5. The highest BCUT2D eigenvalue weighted by Gasteiger charge is 2.61. The van der Waals surface area contributed by atoms with Crippen molar-refractivity contribution < 1.29 is 33.8 Å². The van der Waals surface area contributed by atoms with Gasteiger partial charge in [0.15, 0.2) is 0 Å².